The van der Waals surface area contributed by atoms with E-state index in [1.165, 1.54) is 4.90 Å². The zero-order valence-electron chi connectivity index (χ0n) is 18.1. The number of aliphatic hydroxyl groups excluding tert-OH is 1. The lowest BCUT2D eigenvalue weighted by atomic mass is 9.99. The largest absolute Gasteiger partial charge is 0.507 e. The molecule has 0 unspecified atom stereocenters. The molecule has 9 nitrogen and oxygen atoms in total. The molecule has 2 aliphatic rings. The van der Waals surface area contributed by atoms with E-state index in [0.717, 1.165) is 0 Å². The van der Waals surface area contributed by atoms with Crippen molar-refractivity contribution in [1.29, 1.82) is 0 Å². The highest BCUT2D eigenvalue weighted by Crippen LogP contribution is 2.41. The number of furan rings is 1. The molecule has 170 valence electrons. The third-order valence-corrected chi connectivity index (χ3v) is 5.76. The summed E-state index contributed by atoms with van der Waals surface area (Å²) >= 11 is 0. The van der Waals surface area contributed by atoms with E-state index < -0.39 is 17.7 Å². The maximum absolute atomic E-state index is 13.1. The van der Waals surface area contributed by atoms with Gasteiger partial charge in [0.2, 0.25) is 0 Å². The van der Waals surface area contributed by atoms with Crippen LogP contribution in [0.5, 0.6) is 11.5 Å². The Morgan fingerprint density at radius 2 is 1.94 bits per heavy atom. The first-order chi connectivity index (χ1) is 16.0. The molecule has 1 N–H and O–H groups in total. The summed E-state index contributed by atoms with van der Waals surface area (Å²) in [5.41, 5.74) is 0.359. The van der Waals surface area contributed by atoms with Crippen molar-refractivity contribution in [2.75, 3.05) is 19.8 Å². The van der Waals surface area contributed by atoms with Crippen molar-refractivity contribution in [1.82, 2.24) is 14.5 Å². The zero-order valence-corrected chi connectivity index (χ0v) is 18.1. The Morgan fingerprint density at radius 1 is 1.12 bits per heavy atom. The van der Waals surface area contributed by atoms with Crippen molar-refractivity contribution in [3.8, 4) is 11.5 Å². The number of hydrogen-bond acceptors (Lipinski definition) is 7. The minimum absolute atomic E-state index is 0.00587. The predicted octanol–water partition coefficient (Wildman–Crippen LogP) is 3.07. The normalized spacial score (nSPS) is 19.3. The van der Waals surface area contributed by atoms with Crippen molar-refractivity contribution in [2.45, 2.75) is 25.9 Å². The van der Waals surface area contributed by atoms with E-state index in [1.54, 1.807) is 49.8 Å². The van der Waals surface area contributed by atoms with Crippen molar-refractivity contribution in [3.63, 3.8) is 0 Å². The fourth-order valence-electron chi connectivity index (χ4n) is 4.20. The van der Waals surface area contributed by atoms with Gasteiger partial charge >= 0.3 is 0 Å². The number of likely N-dealkylation sites (tertiary alicyclic amines) is 1. The summed E-state index contributed by atoms with van der Waals surface area (Å²) in [6.07, 6.45) is 5.82. The molecule has 2 aliphatic heterocycles. The second-order valence-electron chi connectivity index (χ2n) is 7.95. The number of carbonyl (C=O) groups is 2. The van der Waals surface area contributed by atoms with Gasteiger partial charge in [0.25, 0.3) is 11.7 Å². The smallest absolute Gasteiger partial charge is 0.295 e. The van der Waals surface area contributed by atoms with Gasteiger partial charge < -0.3 is 28.5 Å². The molecule has 4 heterocycles. The molecule has 0 spiro atoms. The van der Waals surface area contributed by atoms with Crippen LogP contribution in [0, 0.1) is 6.92 Å². The summed E-state index contributed by atoms with van der Waals surface area (Å²) in [7, 11) is 0. The fraction of sp³-hybridized carbons (Fsp3) is 0.292. The Labute approximate surface area is 189 Å². The standard InChI is InChI=1S/C24H23N3O6/c1-15-3-5-18(33-15)21-20(22(28)16-4-6-17-19(13-16)32-12-11-31-17)23(29)24(30)27(21)9-2-8-26-10-7-25-14-26/h3-7,10,13-14,21,28H,2,8-9,11-12H2,1H3/t21-/m1/s1. The Morgan fingerprint density at radius 3 is 2.67 bits per heavy atom. The number of rotatable bonds is 6. The second-order valence-corrected chi connectivity index (χ2v) is 7.95. The number of imidazole rings is 1. The predicted molar refractivity (Wildman–Crippen MR) is 117 cm³/mol. The van der Waals surface area contributed by atoms with Crippen molar-refractivity contribution >= 4 is 17.4 Å². The van der Waals surface area contributed by atoms with Crippen LogP contribution in [-0.4, -0.2) is 51.0 Å². The van der Waals surface area contributed by atoms with E-state index in [0.29, 0.717) is 61.3 Å². The SMILES string of the molecule is Cc1ccc([C@@H]2C(=C(O)c3ccc4c(c3)OCCO4)C(=O)C(=O)N2CCCn2ccnc2)o1. The van der Waals surface area contributed by atoms with Gasteiger partial charge in [0, 0.05) is 31.0 Å². The van der Waals surface area contributed by atoms with Crippen LogP contribution in [0.1, 0.15) is 29.5 Å². The molecule has 1 amide bonds. The molecule has 3 aromatic rings. The average molecular weight is 449 g/mol. The van der Waals surface area contributed by atoms with E-state index in [2.05, 4.69) is 4.98 Å². The summed E-state index contributed by atoms with van der Waals surface area (Å²) < 4.78 is 18.8. The van der Waals surface area contributed by atoms with Gasteiger partial charge in [-0.05, 0) is 43.7 Å². The summed E-state index contributed by atoms with van der Waals surface area (Å²) in [6, 6.07) is 7.60. The molecule has 1 saturated heterocycles. The van der Waals surface area contributed by atoms with Crippen LogP contribution >= 0.6 is 0 Å². The lowest BCUT2D eigenvalue weighted by Gasteiger charge is -2.23. The van der Waals surface area contributed by atoms with Crippen LogP contribution < -0.4 is 9.47 Å². The van der Waals surface area contributed by atoms with Crippen LogP contribution in [0.2, 0.25) is 0 Å². The average Bonchev–Trinajstić information content (AvgIpc) is 3.55. The number of benzene rings is 1. The second kappa shape index (κ2) is 8.50. The maximum Gasteiger partial charge on any atom is 0.295 e. The zero-order chi connectivity index (χ0) is 22.9. The number of hydrogen-bond donors (Lipinski definition) is 1. The van der Waals surface area contributed by atoms with E-state index in [-0.39, 0.29) is 11.3 Å². The quantitative estimate of drug-likeness (QED) is 0.350. The number of carbonyl (C=O) groups excluding carboxylic acids is 2. The minimum atomic E-state index is -0.824. The molecule has 9 heteroatoms. The maximum atomic E-state index is 13.1. The third-order valence-electron chi connectivity index (χ3n) is 5.76. The Hall–Kier alpha value is -4.01. The Balaban J connectivity index is 1.51. The summed E-state index contributed by atoms with van der Waals surface area (Å²) in [5, 5.41) is 11.2. The monoisotopic (exact) mass is 449 g/mol. The number of amides is 1. The lowest BCUT2D eigenvalue weighted by molar-refractivity contribution is -0.140. The highest BCUT2D eigenvalue weighted by molar-refractivity contribution is 6.46. The lowest BCUT2D eigenvalue weighted by Crippen LogP contribution is -2.31. The van der Waals surface area contributed by atoms with Crippen LogP contribution in [0.4, 0.5) is 0 Å². The third kappa shape index (κ3) is 3.86. The van der Waals surface area contributed by atoms with Gasteiger partial charge in [-0.3, -0.25) is 9.59 Å². The van der Waals surface area contributed by atoms with Gasteiger partial charge in [-0.15, -0.1) is 0 Å². The number of Topliss-reactive ketones (excluding diaryl/α,β-unsaturated/α-hetero) is 1. The van der Waals surface area contributed by atoms with Gasteiger partial charge in [0.05, 0.1) is 11.9 Å². The number of nitrogens with zero attached hydrogens (tertiary/aromatic N) is 3. The van der Waals surface area contributed by atoms with Gasteiger partial charge in [-0.1, -0.05) is 0 Å². The summed E-state index contributed by atoms with van der Waals surface area (Å²) in [4.78, 5) is 31.5. The molecule has 1 aromatic carbocycles. The number of aromatic nitrogens is 2. The molecular weight excluding hydrogens is 426 g/mol. The summed E-state index contributed by atoms with van der Waals surface area (Å²) in [5.74, 6) is 0.423. The number of ether oxygens (including phenoxy) is 2. The molecule has 33 heavy (non-hydrogen) atoms. The number of fused-ring (bicyclic) bond motifs is 1. The fourth-order valence-corrected chi connectivity index (χ4v) is 4.20. The van der Waals surface area contributed by atoms with Crippen molar-refractivity contribution < 1.29 is 28.6 Å². The van der Waals surface area contributed by atoms with Gasteiger partial charge in [-0.25, -0.2) is 4.98 Å². The van der Waals surface area contributed by atoms with E-state index in [1.807, 2.05) is 10.8 Å². The first-order valence-electron chi connectivity index (χ1n) is 10.7. The molecule has 1 fully saturated rings. The first-order valence-corrected chi connectivity index (χ1v) is 10.7. The Bertz CT molecular complexity index is 1230. The van der Waals surface area contributed by atoms with E-state index in [9.17, 15) is 14.7 Å². The van der Waals surface area contributed by atoms with E-state index >= 15 is 0 Å². The summed E-state index contributed by atoms with van der Waals surface area (Å²) in [6.45, 7) is 3.57. The molecule has 2 aromatic heterocycles. The van der Waals surface area contributed by atoms with Gasteiger partial charge in [0.1, 0.15) is 36.5 Å². The number of ketones is 1. The molecular formula is C24H23N3O6. The van der Waals surface area contributed by atoms with Crippen LogP contribution in [0.25, 0.3) is 5.76 Å². The first kappa shape index (κ1) is 20.9. The molecule has 0 aliphatic carbocycles. The van der Waals surface area contributed by atoms with Crippen molar-refractivity contribution in [3.05, 3.63) is 71.7 Å². The molecule has 5 rings (SSSR count). The van der Waals surface area contributed by atoms with E-state index in [4.69, 9.17) is 13.9 Å². The molecule has 0 saturated carbocycles. The highest BCUT2D eigenvalue weighted by atomic mass is 16.6. The highest BCUT2D eigenvalue weighted by Gasteiger charge is 2.47. The van der Waals surface area contributed by atoms with Crippen LogP contribution in [0.15, 0.2) is 59.0 Å². The number of aliphatic hydroxyl groups is 1. The molecule has 0 bridgehead atoms. The molecule has 1 atom stereocenters. The van der Waals surface area contributed by atoms with Crippen LogP contribution in [-0.2, 0) is 16.1 Å². The number of aryl methyl sites for hydroxylation is 2. The minimum Gasteiger partial charge on any atom is -0.507 e. The van der Waals surface area contributed by atoms with Crippen LogP contribution in [0.3, 0.4) is 0 Å². The van der Waals surface area contributed by atoms with Gasteiger partial charge in [-0.2, -0.15) is 0 Å². The van der Waals surface area contributed by atoms with Crippen molar-refractivity contribution in [2.24, 2.45) is 0 Å². The van der Waals surface area contributed by atoms with Gasteiger partial charge in [0.15, 0.2) is 11.5 Å². The Kier molecular flexibility index (Phi) is 5.37. The molecule has 0 radical (unpaired) electrons. The topological polar surface area (TPSA) is 107 Å².